The van der Waals surface area contributed by atoms with Crippen molar-refractivity contribution in [2.45, 2.75) is 46.3 Å². The van der Waals surface area contributed by atoms with Crippen molar-refractivity contribution >= 4 is 5.97 Å². The summed E-state index contributed by atoms with van der Waals surface area (Å²) in [6.45, 7) is 8.09. The van der Waals surface area contributed by atoms with Gasteiger partial charge in [-0.1, -0.05) is 31.2 Å². The molecule has 0 aliphatic rings. The van der Waals surface area contributed by atoms with E-state index in [0.717, 1.165) is 11.1 Å². The largest absolute Gasteiger partial charge is 0.460 e. The van der Waals surface area contributed by atoms with Crippen LogP contribution in [0.15, 0.2) is 24.3 Å². The molecule has 0 aromatic heterocycles. The maximum atomic E-state index is 11.8. The molecule has 0 amide bonds. The van der Waals surface area contributed by atoms with E-state index in [4.69, 9.17) is 10.5 Å². The molecule has 0 aliphatic heterocycles. The molecular weight excluding hydrogens is 226 g/mol. The number of nitrogens with two attached hydrogens (primary N) is 1. The molecule has 1 aromatic rings. The Morgan fingerprint density at radius 3 is 2.17 bits per heavy atom. The van der Waals surface area contributed by atoms with Crippen LogP contribution in [-0.2, 0) is 22.5 Å². The Morgan fingerprint density at radius 1 is 1.22 bits per heavy atom. The molecule has 3 nitrogen and oxygen atoms in total. The van der Waals surface area contributed by atoms with Gasteiger partial charge in [0.15, 0.2) is 0 Å². The van der Waals surface area contributed by atoms with Gasteiger partial charge in [-0.3, -0.25) is 4.79 Å². The topological polar surface area (TPSA) is 52.3 Å². The van der Waals surface area contributed by atoms with Crippen LogP contribution in [0.25, 0.3) is 0 Å². The standard InChI is InChI=1S/C15H23NO2/c1-11(14(17)18-15(2,3)4)9-12-5-7-13(10-16)8-6-12/h5-8,11H,9-10,16H2,1-4H3. The molecule has 0 bridgehead atoms. The lowest BCUT2D eigenvalue weighted by atomic mass is 10.00. The summed E-state index contributed by atoms with van der Waals surface area (Å²) in [5, 5.41) is 0. The maximum absolute atomic E-state index is 11.8. The lowest BCUT2D eigenvalue weighted by Crippen LogP contribution is -2.28. The first-order valence-electron chi connectivity index (χ1n) is 6.32. The predicted molar refractivity (Wildman–Crippen MR) is 73.0 cm³/mol. The van der Waals surface area contributed by atoms with E-state index in [1.165, 1.54) is 0 Å². The van der Waals surface area contributed by atoms with E-state index in [2.05, 4.69) is 0 Å². The van der Waals surface area contributed by atoms with Gasteiger partial charge >= 0.3 is 5.97 Å². The normalized spacial score (nSPS) is 13.2. The minimum atomic E-state index is -0.422. The van der Waals surface area contributed by atoms with E-state index >= 15 is 0 Å². The zero-order valence-electron chi connectivity index (χ0n) is 11.7. The summed E-state index contributed by atoms with van der Waals surface area (Å²) in [6.07, 6.45) is 0.694. The van der Waals surface area contributed by atoms with Crippen LogP contribution in [0.5, 0.6) is 0 Å². The third-order valence-electron chi connectivity index (χ3n) is 2.61. The van der Waals surface area contributed by atoms with Gasteiger partial charge in [-0.15, -0.1) is 0 Å². The van der Waals surface area contributed by atoms with Gasteiger partial charge in [0.1, 0.15) is 5.60 Å². The van der Waals surface area contributed by atoms with E-state index in [1.807, 2.05) is 52.0 Å². The zero-order chi connectivity index (χ0) is 13.8. The van der Waals surface area contributed by atoms with Gasteiger partial charge in [-0.2, -0.15) is 0 Å². The Labute approximate surface area is 109 Å². The molecule has 2 N–H and O–H groups in total. The molecule has 0 saturated heterocycles. The molecule has 3 heteroatoms. The first-order valence-corrected chi connectivity index (χ1v) is 6.32. The molecule has 1 aromatic carbocycles. The molecule has 100 valence electrons. The highest BCUT2D eigenvalue weighted by Gasteiger charge is 2.21. The summed E-state index contributed by atoms with van der Waals surface area (Å²) >= 11 is 0. The van der Waals surface area contributed by atoms with E-state index in [-0.39, 0.29) is 11.9 Å². The van der Waals surface area contributed by atoms with Crippen molar-refractivity contribution in [2.24, 2.45) is 11.7 Å². The molecule has 1 atom stereocenters. The van der Waals surface area contributed by atoms with Crippen LogP contribution in [0.4, 0.5) is 0 Å². The van der Waals surface area contributed by atoms with Crippen LogP contribution in [0.1, 0.15) is 38.8 Å². The molecule has 0 radical (unpaired) electrons. The number of hydrogen-bond acceptors (Lipinski definition) is 3. The summed E-state index contributed by atoms with van der Waals surface area (Å²) in [5.74, 6) is -0.279. The van der Waals surface area contributed by atoms with Crippen molar-refractivity contribution in [3.8, 4) is 0 Å². The lowest BCUT2D eigenvalue weighted by molar-refractivity contribution is -0.159. The van der Waals surface area contributed by atoms with Gasteiger partial charge in [0.25, 0.3) is 0 Å². The first kappa shape index (κ1) is 14.7. The van der Waals surface area contributed by atoms with Crippen LogP contribution in [-0.4, -0.2) is 11.6 Å². The van der Waals surface area contributed by atoms with Gasteiger partial charge in [0.2, 0.25) is 0 Å². The highest BCUT2D eigenvalue weighted by molar-refractivity contribution is 5.72. The fourth-order valence-electron chi connectivity index (χ4n) is 1.65. The molecule has 0 saturated carbocycles. The molecule has 0 aliphatic carbocycles. The van der Waals surface area contributed by atoms with Crippen molar-refractivity contribution in [1.82, 2.24) is 0 Å². The predicted octanol–water partition coefficient (Wildman–Crippen LogP) is 2.67. The quantitative estimate of drug-likeness (QED) is 0.835. The third kappa shape index (κ3) is 4.88. The number of ether oxygens (including phenoxy) is 1. The minimum absolute atomic E-state index is 0.132. The van der Waals surface area contributed by atoms with E-state index in [0.29, 0.717) is 13.0 Å². The number of rotatable bonds is 4. The fourth-order valence-corrected chi connectivity index (χ4v) is 1.65. The Balaban J connectivity index is 2.58. The Hall–Kier alpha value is -1.35. The second kappa shape index (κ2) is 6.01. The lowest BCUT2D eigenvalue weighted by Gasteiger charge is -2.22. The highest BCUT2D eigenvalue weighted by atomic mass is 16.6. The van der Waals surface area contributed by atoms with Crippen molar-refractivity contribution in [1.29, 1.82) is 0 Å². The molecular formula is C15H23NO2. The van der Waals surface area contributed by atoms with E-state index < -0.39 is 5.60 Å². The summed E-state index contributed by atoms with van der Waals surface area (Å²) in [5.41, 5.74) is 7.35. The van der Waals surface area contributed by atoms with Crippen LogP contribution in [0, 0.1) is 5.92 Å². The Morgan fingerprint density at radius 2 is 1.72 bits per heavy atom. The molecule has 0 spiro atoms. The molecule has 1 unspecified atom stereocenters. The average Bonchev–Trinajstić information content (AvgIpc) is 2.27. The van der Waals surface area contributed by atoms with Gasteiger partial charge in [0.05, 0.1) is 5.92 Å². The van der Waals surface area contributed by atoms with Gasteiger partial charge in [0, 0.05) is 6.54 Å². The zero-order valence-corrected chi connectivity index (χ0v) is 11.7. The molecule has 0 heterocycles. The summed E-state index contributed by atoms with van der Waals surface area (Å²) in [4.78, 5) is 11.8. The van der Waals surface area contributed by atoms with Crippen LogP contribution in [0.2, 0.25) is 0 Å². The van der Waals surface area contributed by atoms with Crippen molar-refractivity contribution in [3.63, 3.8) is 0 Å². The fraction of sp³-hybridized carbons (Fsp3) is 0.533. The van der Waals surface area contributed by atoms with E-state index in [1.54, 1.807) is 0 Å². The Kier molecular flexibility index (Phi) is 4.91. The Bertz CT molecular complexity index is 390. The minimum Gasteiger partial charge on any atom is -0.460 e. The number of hydrogen-bond donors (Lipinski definition) is 1. The van der Waals surface area contributed by atoms with Gasteiger partial charge < -0.3 is 10.5 Å². The van der Waals surface area contributed by atoms with Crippen molar-refractivity contribution in [3.05, 3.63) is 35.4 Å². The van der Waals surface area contributed by atoms with Crippen LogP contribution >= 0.6 is 0 Å². The average molecular weight is 249 g/mol. The maximum Gasteiger partial charge on any atom is 0.309 e. The summed E-state index contributed by atoms with van der Waals surface area (Å²) < 4.78 is 5.36. The van der Waals surface area contributed by atoms with Crippen LogP contribution < -0.4 is 5.73 Å². The smallest absolute Gasteiger partial charge is 0.309 e. The van der Waals surface area contributed by atoms with Crippen molar-refractivity contribution in [2.75, 3.05) is 0 Å². The first-order chi connectivity index (χ1) is 8.31. The number of benzene rings is 1. The summed E-state index contributed by atoms with van der Waals surface area (Å²) in [7, 11) is 0. The summed E-state index contributed by atoms with van der Waals surface area (Å²) in [6, 6.07) is 8.03. The number of carbonyl (C=O) groups is 1. The van der Waals surface area contributed by atoms with Crippen molar-refractivity contribution < 1.29 is 9.53 Å². The third-order valence-corrected chi connectivity index (χ3v) is 2.61. The SMILES string of the molecule is CC(Cc1ccc(CN)cc1)C(=O)OC(C)(C)C. The van der Waals surface area contributed by atoms with Gasteiger partial charge in [-0.25, -0.2) is 0 Å². The highest BCUT2D eigenvalue weighted by Crippen LogP contribution is 2.15. The molecule has 1 rings (SSSR count). The van der Waals surface area contributed by atoms with E-state index in [9.17, 15) is 4.79 Å². The molecule has 18 heavy (non-hydrogen) atoms. The van der Waals surface area contributed by atoms with Gasteiger partial charge in [-0.05, 0) is 38.3 Å². The molecule has 0 fully saturated rings. The second-order valence-corrected chi connectivity index (χ2v) is 5.66. The monoisotopic (exact) mass is 249 g/mol. The number of esters is 1. The van der Waals surface area contributed by atoms with Crippen LogP contribution in [0.3, 0.4) is 0 Å². The number of carbonyl (C=O) groups excluding carboxylic acids is 1. The second-order valence-electron chi connectivity index (χ2n) is 5.66.